The lowest BCUT2D eigenvalue weighted by Crippen LogP contribution is -2.61. The highest BCUT2D eigenvalue weighted by Crippen LogP contribution is 2.28. The Morgan fingerprint density at radius 3 is 2.62 bits per heavy atom. The van der Waals surface area contributed by atoms with Gasteiger partial charge in [-0.2, -0.15) is 0 Å². The van der Waals surface area contributed by atoms with Crippen molar-refractivity contribution in [2.45, 2.75) is 38.4 Å². The normalized spacial score (nSPS) is 22.8. The number of carbonyl (C=O) groups excluding carboxylic acids is 2. The fourth-order valence-corrected chi connectivity index (χ4v) is 3.40. The van der Waals surface area contributed by atoms with Crippen molar-refractivity contribution in [2.24, 2.45) is 0 Å². The molecule has 2 heterocycles. The first kappa shape index (κ1) is 18.2. The van der Waals surface area contributed by atoms with Gasteiger partial charge in [0.15, 0.2) is 0 Å². The second kappa shape index (κ2) is 7.61. The van der Waals surface area contributed by atoms with Gasteiger partial charge in [0, 0.05) is 18.1 Å². The summed E-state index contributed by atoms with van der Waals surface area (Å²) in [5, 5.41) is 7.18. The van der Waals surface area contributed by atoms with Crippen molar-refractivity contribution in [3.05, 3.63) is 34.6 Å². The van der Waals surface area contributed by atoms with Crippen molar-refractivity contribution in [3.8, 4) is 0 Å². The van der Waals surface area contributed by atoms with Crippen molar-refractivity contribution in [1.82, 2.24) is 9.80 Å². The Labute approximate surface area is 143 Å². The van der Waals surface area contributed by atoms with E-state index in [1.54, 1.807) is 17.9 Å². The highest BCUT2D eigenvalue weighted by molar-refractivity contribution is 6.30. The van der Waals surface area contributed by atoms with Gasteiger partial charge in [-0.1, -0.05) is 11.6 Å². The lowest BCUT2D eigenvalue weighted by atomic mass is 10.0. The Morgan fingerprint density at radius 1 is 1.33 bits per heavy atom. The molecule has 0 bridgehead atoms. The lowest BCUT2D eigenvalue weighted by molar-refractivity contribution is -0.159. The molecule has 0 radical (unpaired) electrons. The van der Waals surface area contributed by atoms with Gasteiger partial charge < -0.3 is 14.9 Å². The van der Waals surface area contributed by atoms with Crippen LogP contribution in [0.3, 0.4) is 0 Å². The maximum absolute atomic E-state index is 13.4. The molecule has 3 rings (SSSR count). The van der Waals surface area contributed by atoms with E-state index in [4.69, 9.17) is 21.5 Å². The summed E-state index contributed by atoms with van der Waals surface area (Å²) in [6.07, 6.45) is 1.56. The van der Waals surface area contributed by atoms with Crippen LogP contribution >= 0.6 is 11.6 Å². The molecule has 130 valence electrons. The van der Waals surface area contributed by atoms with Crippen LogP contribution in [0.1, 0.15) is 25.3 Å². The Bertz CT molecular complexity index is 635. The Hall–Kier alpha value is -2.15. The van der Waals surface area contributed by atoms with Gasteiger partial charge in [-0.25, -0.2) is 4.39 Å². The average molecular weight is 357 g/mol. The smallest absolute Gasteiger partial charge is 0.290 e. The first-order valence-corrected chi connectivity index (χ1v) is 7.90. The molecule has 0 aliphatic carbocycles. The summed E-state index contributed by atoms with van der Waals surface area (Å²) >= 11 is 5.84. The minimum absolute atomic E-state index is 0.0281. The van der Waals surface area contributed by atoms with Gasteiger partial charge in [0.2, 0.25) is 11.8 Å². The second-order valence-electron chi connectivity index (χ2n) is 5.71. The maximum Gasteiger partial charge on any atom is 0.290 e. The fraction of sp³-hybridized carbons (Fsp3) is 0.438. The van der Waals surface area contributed by atoms with Crippen molar-refractivity contribution < 1.29 is 23.9 Å². The van der Waals surface area contributed by atoms with Crippen molar-refractivity contribution >= 4 is 29.9 Å². The Balaban J connectivity index is 0.000000647. The number of piperazine rings is 1. The van der Waals surface area contributed by atoms with Crippen LogP contribution in [0, 0.1) is 5.82 Å². The molecule has 1 aromatic carbocycles. The number of nitrogens with zero attached hydrogens (tertiary/aromatic N) is 2. The zero-order valence-corrected chi connectivity index (χ0v) is 13.9. The van der Waals surface area contributed by atoms with Crippen LogP contribution in [0.25, 0.3) is 0 Å². The molecular weight excluding hydrogens is 339 g/mol. The number of benzene rings is 1. The van der Waals surface area contributed by atoms with E-state index in [9.17, 15) is 14.0 Å². The van der Waals surface area contributed by atoms with Crippen molar-refractivity contribution in [1.29, 1.82) is 0 Å². The molecule has 0 spiro atoms. The third kappa shape index (κ3) is 3.67. The predicted octanol–water partition coefficient (Wildman–Crippen LogP) is 1.90. The number of fused-ring (bicyclic) bond motifs is 1. The summed E-state index contributed by atoms with van der Waals surface area (Å²) in [5.74, 6) is -0.525. The second-order valence-corrected chi connectivity index (χ2v) is 6.15. The quantitative estimate of drug-likeness (QED) is 0.821. The fourth-order valence-electron chi connectivity index (χ4n) is 3.16. The van der Waals surface area contributed by atoms with E-state index >= 15 is 0 Å². The molecule has 2 fully saturated rings. The topological polar surface area (TPSA) is 77.9 Å². The van der Waals surface area contributed by atoms with E-state index in [-0.39, 0.29) is 35.9 Å². The number of rotatable bonds is 2. The van der Waals surface area contributed by atoms with Crippen LogP contribution in [0.4, 0.5) is 4.39 Å². The number of hydrogen-bond acceptors (Lipinski definition) is 3. The van der Waals surface area contributed by atoms with E-state index < -0.39 is 11.9 Å². The first-order chi connectivity index (χ1) is 11.4. The van der Waals surface area contributed by atoms with Crippen LogP contribution in [0.2, 0.25) is 5.02 Å². The number of carbonyl (C=O) groups is 3. The molecule has 0 aromatic heterocycles. The standard InChI is InChI=1S/C15H16ClFN2O2.CH2O2/c1-9-14(20)18-4-2-3-13(18)15(21)19(9)8-10-5-11(16)7-12(17)6-10;2-1-3/h5-7,9,13H,2-4,8H2,1H3;1H,(H,2,3)/t9-,13-;/m0./s1. The molecule has 2 saturated heterocycles. The summed E-state index contributed by atoms with van der Waals surface area (Å²) in [6.45, 7) is 2.32. The highest BCUT2D eigenvalue weighted by Gasteiger charge is 2.45. The molecule has 0 unspecified atom stereocenters. The number of carboxylic acid groups (broad SMARTS) is 1. The molecule has 6 nitrogen and oxygen atoms in total. The Kier molecular flexibility index (Phi) is 5.77. The van der Waals surface area contributed by atoms with Crippen LogP contribution < -0.4 is 0 Å². The van der Waals surface area contributed by atoms with Gasteiger partial charge in [-0.15, -0.1) is 0 Å². The highest BCUT2D eigenvalue weighted by atomic mass is 35.5. The van der Waals surface area contributed by atoms with E-state index in [2.05, 4.69) is 0 Å². The van der Waals surface area contributed by atoms with Crippen LogP contribution in [-0.2, 0) is 20.9 Å². The minimum Gasteiger partial charge on any atom is -0.483 e. The SMILES string of the molecule is C[C@H]1C(=O)N2CCC[C@H]2C(=O)N1Cc1cc(F)cc(Cl)c1.O=CO. The summed E-state index contributed by atoms with van der Waals surface area (Å²) in [6, 6.07) is 3.32. The van der Waals surface area contributed by atoms with Crippen LogP contribution in [0.5, 0.6) is 0 Å². The van der Waals surface area contributed by atoms with E-state index in [1.807, 2.05) is 0 Å². The van der Waals surface area contributed by atoms with Crippen LogP contribution in [0.15, 0.2) is 18.2 Å². The van der Waals surface area contributed by atoms with Gasteiger partial charge in [-0.05, 0) is 43.5 Å². The molecule has 1 N–H and O–H groups in total. The lowest BCUT2D eigenvalue weighted by Gasteiger charge is -2.41. The number of amides is 2. The molecule has 24 heavy (non-hydrogen) atoms. The average Bonchev–Trinajstić information content (AvgIpc) is 2.99. The van der Waals surface area contributed by atoms with Gasteiger partial charge in [0.05, 0.1) is 0 Å². The molecule has 1 aromatic rings. The summed E-state index contributed by atoms with van der Waals surface area (Å²) in [7, 11) is 0. The number of halogens is 2. The van der Waals surface area contributed by atoms with E-state index in [0.717, 1.165) is 6.42 Å². The largest absolute Gasteiger partial charge is 0.483 e. The van der Waals surface area contributed by atoms with E-state index in [1.165, 1.54) is 17.0 Å². The van der Waals surface area contributed by atoms with Crippen LogP contribution in [-0.4, -0.2) is 51.8 Å². The Morgan fingerprint density at radius 2 is 2.00 bits per heavy atom. The molecule has 2 amide bonds. The van der Waals surface area contributed by atoms with Crippen molar-refractivity contribution in [2.75, 3.05) is 6.54 Å². The zero-order valence-electron chi connectivity index (χ0n) is 13.1. The minimum atomic E-state index is -0.520. The van der Waals surface area contributed by atoms with Gasteiger partial charge in [0.25, 0.3) is 6.47 Å². The summed E-state index contributed by atoms with van der Waals surface area (Å²) in [4.78, 5) is 36.4. The summed E-state index contributed by atoms with van der Waals surface area (Å²) < 4.78 is 13.4. The van der Waals surface area contributed by atoms with Gasteiger partial charge in [-0.3, -0.25) is 14.4 Å². The molecule has 0 saturated carbocycles. The molecule has 2 aliphatic heterocycles. The predicted molar refractivity (Wildman–Crippen MR) is 84.8 cm³/mol. The van der Waals surface area contributed by atoms with Gasteiger partial charge >= 0.3 is 0 Å². The molecular formula is C16H18ClFN2O4. The monoisotopic (exact) mass is 356 g/mol. The maximum atomic E-state index is 13.4. The molecule has 8 heteroatoms. The first-order valence-electron chi connectivity index (χ1n) is 7.52. The third-order valence-corrected chi connectivity index (χ3v) is 4.42. The molecule has 2 atom stereocenters. The molecule has 2 aliphatic rings. The van der Waals surface area contributed by atoms with Gasteiger partial charge in [0.1, 0.15) is 17.9 Å². The van der Waals surface area contributed by atoms with Crippen molar-refractivity contribution in [3.63, 3.8) is 0 Å². The number of hydrogen-bond donors (Lipinski definition) is 1. The van der Waals surface area contributed by atoms with E-state index in [0.29, 0.717) is 18.5 Å². The third-order valence-electron chi connectivity index (χ3n) is 4.20. The summed E-state index contributed by atoms with van der Waals surface area (Å²) in [5.41, 5.74) is 0.597. The zero-order chi connectivity index (χ0) is 17.9.